The summed E-state index contributed by atoms with van der Waals surface area (Å²) in [6.45, 7) is 5.96. The third-order valence-corrected chi connectivity index (χ3v) is 5.66. The lowest BCUT2D eigenvalue weighted by Gasteiger charge is -2.40. The van der Waals surface area contributed by atoms with Crippen molar-refractivity contribution in [3.8, 4) is 5.75 Å². The van der Waals surface area contributed by atoms with Gasteiger partial charge in [0.25, 0.3) is 0 Å². The van der Waals surface area contributed by atoms with E-state index >= 15 is 0 Å². The van der Waals surface area contributed by atoms with E-state index in [9.17, 15) is 0 Å². The van der Waals surface area contributed by atoms with Gasteiger partial charge < -0.3 is 20.3 Å². The third kappa shape index (κ3) is 6.21. The van der Waals surface area contributed by atoms with Crippen molar-refractivity contribution in [3.05, 3.63) is 65.7 Å². The van der Waals surface area contributed by atoms with Crippen LogP contribution in [-0.4, -0.2) is 69.7 Å². The van der Waals surface area contributed by atoms with Gasteiger partial charge in [-0.15, -0.1) is 0 Å². The predicted octanol–water partition coefficient (Wildman–Crippen LogP) is 2.74. The highest BCUT2D eigenvalue weighted by Gasteiger charge is 2.25. The van der Waals surface area contributed by atoms with Crippen LogP contribution >= 0.6 is 0 Å². The van der Waals surface area contributed by atoms with E-state index in [0.717, 1.165) is 56.4 Å². The summed E-state index contributed by atoms with van der Waals surface area (Å²) in [6, 6.07) is 19.4. The Morgan fingerprint density at radius 2 is 1.83 bits per heavy atom. The summed E-state index contributed by atoms with van der Waals surface area (Å²) >= 11 is 0. The van der Waals surface area contributed by atoms with E-state index in [0.29, 0.717) is 12.6 Å². The van der Waals surface area contributed by atoms with Gasteiger partial charge in [-0.2, -0.15) is 0 Å². The normalized spacial score (nSPS) is 18.2. The molecule has 30 heavy (non-hydrogen) atoms. The van der Waals surface area contributed by atoms with Gasteiger partial charge in [0.1, 0.15) is 5.75 Å². The zero-order valence-corrected chi connectivity index (χ0v) is 18.5. The second kappa shape index (κ2) is 11.6. The Labute approximate surface area is 180 Å². The van der Waals surface area contributed by atoms with E-state index < -0.39 is 0 Å². The van der Waals surface area contributed by atoms with Crippen LogP contribution in [0, 0.1) is 0 Å². The third-order valence-electron chi connectivity index (χ3n) is 5.66. The van der Waals surface area contributed by atoms with Crippen molar-refractivity contribution < 1.29 is 4.74 Å². The van der Waals surface area contributed by atoms with Gasteiger partial charge in [0, 0.05) is 57.9 Å². The molecule has 0 saturated carbocycles. The van der Waals surface area contributed by atoms with E-state index in [-0.39, 0.29) is 0 Å². The van der Waals surface area contributed by atoms with Crippen molar-refractivity contribution in [1.82, 2.24) is 20.4 Å². The van der Waals surface area contributed by atoms with E-state index in [1.807, 2.05) is 25.2 Å². The number of ether oxygens (including phenoxy) is 1. The van der Waals surface area contributed by atoms with Crippen molar-refractivity contribution in [2.75, 3.05) is 53.9 Å². The number of benzene rings is 2. The molecule has 0 amide bonds. The molecule has 6 heteroatoms. The monoisotopic (exact) mass is 409 g/mol. The Morgan fingerprint density at radius 1 is 1.07 bits per heavy atom. The molecule has 1 saturated heterocycles. The van der Waals surface area contributed by atoms with Gasteiger partial charge in [-0.05, 0) is 25.1 Å². The maximum atomic E-state index is 5.42. The van der Waals surface area contributed by atoms with Gasteiger partial charge in [0.05, 0.1) is 7.11 Å². The number of guanidine groups is 1. The number of likely N-dealkylation sites (N-methyl/N-ethyl adjacent to an activating group) is 1. The molecule has 1 heterocycles. The number of nitrogens with one attached hydrogen (secondary N) is 2. The molecule has 1 unspecified atom stereocenters. The van der Waals surface area contributed by atoms with Crippen LogP contribution in [-0.2, 0) is 6.54 Å². The summed E-state index contributed by atoms with van der Waals surface area (Å²) in [7, 11) is 5.72. The average molecular weight is 410 g/mol. The van der Waals surface area contributed by atoms with Gasteiger partial charge in [-0.3, -0.25) is 9.89 Å². The molecule has 2 N–H and O–H groups in total. The molecule has 3 rings (SSSR count). The van der Waals surface area contributed by atoms with Crippen LogP contribution < -0.4 is 15.4 Å². The summed E-state index contributed by atoms with van der Waals surface area (Å²) in [5.41, 5.74) is 2.53. The Balaban J connectivity index is 1.45. The van der Waals surface area contributed by atoms with Crippen molar-refractivity contribution in [3.63, 3.8) is 0 Å². The molecule has 0 radical (unpaired) electrons. The minimum absolute atomic E-state index is 0.466. The lowest BCUT2D eigenvalue weighted by Crippen LogP contribution is -2.47. The standard InChI is InChI=1S/C24H35N5O/c1-25-24(27-18-21-12-7-8-13-23(21)30-3)26-14-9-15-29-17-16-28(2)19-22(29)20-10-5-4-6-11-20/h4-8,10-13,22H,9,14-19H2,1-3H3,(H2,25,26,27). The maximum absolute atomic E-state index is 5.42. The summed E-state index contributed by atoms with van der Waals surface area (Å²) in [4.78, 5) is 9.39. The quantitative estimate of drug-likeness (QED) is 0.399. The number of rotatable bonds is 8. The number of hydrogen-bond donors (Lipinski definition) is 2. The van der Waals surface area contributed by atoms with Crippen molar-refractivity contribution in [2.45, 2.75) is 19.0 Å². The van der Waals surface area contributed by atoms with Crippen molar-refractivity contribution >= 4 is 5.96 Å². The van der Waals surface area contributed by atoms with Gasteiger partial charge >= 0.3 is 0 Å². The summed E-state index contributed by atoms with van der Waals surface area (Å²) in [5, 5.41) is 6.82. The lowest BCUT2D eigenvalue weighted by molar-refractivity contribution is 0.0891. The fourth-order valence-electron chi connectivity index (χ4n) is 3.95. The van der Waals surface area contributed by atoms with Crippen LogP contribution in [0.4, 0.5) is 0 Å². The van der Waals surface area contributed by atoms with E-state index in [4.69, 9.17) is 4.74 Å². The Morgan fingerprint density at radius 3 is 2.60 bits per heavy atom. The zero-order chi connectivity index (χ0) is 21.2. The number of para-hydroxylation sites is 1. The van der Waals surface area contributed by atoms with Gasteiger partial charge in [0.15, 0.2) is 5.96 Å². The minimum Gasteiger partial charge on any atom is -0.496 e. The number of nitrogens with zero attached hydrogens (tertiary/aromatic N) is 3. The van der Waals surface area contributed by atoms with E-state index in [1.54, 1.807) is 7.11 Å². The second-order valence-corrected chi connectivity index (χ2v) is 7.74. The van der Waals surface area contributed by atoms with Crippen LogP contribution in [0.3, 0.4) is 0 Å². The fourth-order valence-corrected chi connectivity index (χ4v) is 3.95. The van der Waals surface area contributed by atoms with Crippen molar-refractivity contribution in [1.29, 1.82) is 0 Å². The number of hydrogen-bond acceptors (Lipinski definition) is 4. The van der Waals surface area contributed by atoms with Crippen LogP contribution in [0.5, 0.6) is 5.75 Å². The Hall–Kier alpha value is -2.57. The fraction of sp³-hybridized carbons (Fsp3) is 0.458. The van der Waals surface area contributed by atoms with Gasteiger partial charge in [-0.25, -0.2) is 0 Å². The number of piperazine rings is 1. The first-order chi connectivity index (χ1) is 14.7. The molecule has 0 aromatic heterocycles. The van der Waals surface area contributed by atoms with Gasteiger partial charge in [-0.1, -0.05) is 48.5 Å². The molecule has 1 aliphatic heterocycles. The first-order valence-electron chi connectivity index (χ1n) is 10.7. The Kier molecular flexibility index (Phi) is 8.53. The predicted molar refractivity (Wildman–Crippen MR) is 124 cm³/mol. The molecule has 0 aliphatic carbocycles. The molecule has 0 bridgehead atoms. The minimum atomic E-state index is 0.466. The number of methoxy groups -OCH3 is 1. The molecule has 162 valence electrons. The lowest BCUT2D eigenvalue weighted by atomic mass is 10.0. The highest BCUT2D eigenvalue weighted by molar-refractivity contribution is 5.79. The van der Waals surface area contributed by atoms with Crippen LogP contribution in [0.15, 0.2) is 59.6 Å². The molecule has 2 aromatic rings. The van der Waals surface area contributed by atoms with Gasteiger partial charge in [0.2, 0.25) is 0 Å². The second-order valence-electron chi connectivity index (χ2n) is 7.74. The SMILES string of the molecule is CN=C(NCCCN1CCN(C)CC1c1ccccc1)NCc1ccccc1OC. The topological polar surface area (TPSA) is 52.1 Å². The van der Waals surface area contributed by atoms with E-state index in [2.05, 4.69) is 68.9 Å². The van der Waals surface area contributed by atoms with Crippen LogP contribution in [0.1, 0.15) is 23.6 Å². The first kappa shape index (κ1) is 22.1. The molecular formula is C24H35N5O. The molecule has 1 aliphatic rings. The zero-order valence-electron chi connectivity index (χ0n) is 18.5. The highest BCUT2D eigenvalue weighted by Crippen LogP contribution is 2.24. The number of aliphatic imine (C=N–C) groups is 1. The first-order valence-corrected chi connectivity index (χ1v) is 10.7. The summed E-state index contributed by atoms with van der Waals surface area (Å²) < 4.78 is 5.42. The largest absolute Gasteiger partial charge is 0.496 e. The summed E-state index contributed by atoms with van der Waals surface area (Å²) in [6.07, 6.45) is 1.07. The highest BCUT2D eigenvalue weighted by atomic mass is 16.5. The Bertz CT molecular complexity index is 795. The molecule has 0 spiro atoms. The molecule has 2 aromatic carbocycles. The summed E-state index contributed by atoms with van der Waals surface area (Å²) in [5.74, 6) is 1.71. The smallest absolute Gasteiger partial charge is 0.191 e. The van der Waals surface area contributed by atoms with Crippen LogP contribution in [0.25, 0.3) is 0 Å². The molecule has 1 fully saturated rings. The molecule has 1 atom stereocenters. The molecule has 6 nitrogen and oxygen atoms in total. The maximum Gasteiger partial charge on any atom is 0.191 e. The average Bonchev–Trinajstić information content (AvgIpc) is 2.80. The van der Waals surface area contributed by atoms with Crippen LogP contribution in [0.2, 0.25) is 0 Å². The van der Waals surface area contributed by atoms with E-state index in [1.165, 1.54) is 5.56 Å². The van der Waals surface area contributed by atoms with Crippen molar-refractivity contribution in [2.24, 2.45) is 4.99 Å². The molecular weight excluding hydrogens is 374 g/mol.